The summed E-state index contributed by atoms with van der Waals surface area (Å²) in [7, 11) is 0. The van der Waals surface area contributed by atoms with Crippen molar-refractivity contribution in [1.82, 2.24) is 0 Å². The van der Waals surface area contributed by atoms with Crippen molar-refractivity contribution in [2.45, 2.75) is 132 Å². The van der Waals surface area contributed by atoms with Gasteiger partial charge in [-0.15, -0.1) is 0 Å². The van der Waals surface area contributed by atoms with Crippen LogP contribution in [0.25, 0.3) is 0 Å². The van der Waals surface area contributed by atoms with Crippen molar-refractivity contribution < 1.29 is 64.2 Å². The first-order valence-electron chi connectivity index (χ1n) is 17.0. The molecule has 3 aliphatic heterocycles. The van der Waals surface area contributed by atoms with Crippen molar-refractivity contribution in [2.75, 3.05) is 19.8 Å². The zero-order valence-corrected chi connectivity index (χ0v) is 26.5. The van der Waals surface area contributed by atoms with Gasteiger partial charge in [-0.3, -0.25) is 0 Å². The number of rotatable bonds is 5. The molecule has 7 rings (SSSR count). The molecule has 4 saturated carbocycles. The number of carbonyl (C=O) groups is 1. The fraction of sp³-hybridized carbons (Fsp3) is 0.909. The van der Waals surface area contributed by atoms with Crippen LogP contribution in [0, 0.1) is 34.5 Å². The van der Waals surface area contributed by atoms with Gasteiger partial charge in [0.05, 0.1) is 31.0 Å². The van der Waals surface area contributed by atoms with Crippen molar-refractivity contribution in [3.05, 3.63) is 11.6 Å². The van der Waals surface area contributed by atoms with Gasteiger partial charge in [0.15, 0.2) is 12.6 Å². The minimum atomic E-state index is -1.54. The second-order valence-electron chi connectivity index (χ2n) is 15.6. The molecule has 13 heteroatoms. The van der Waals surface area contributed by atoms with Crippen LogP contribution in [0.3, 0.4) is 0 Å². The summed E-state index contributed by atoms with van der Waals surface area (Å²) in [5, 5.41) is 75.8. The molecule has 260 valence electrons. The lowest BCUT2D eigenvalue weighted by atomic mass is 9.42. The van der Waals surface area contributed by atoms with Crippen molar-refractivity contribution in [1.29, 1.82) is 0 Å². The summed E-state index contributed by atoms with van der Waals surface area (Å²) in [5.41, 5.74) is -0.774. The molecule has 6 fully saturated rings. The number of ether oxygens (including phenoxy) is 5. The van der Waals surface area contributed by atoms with Gasteiger partial charge in [0, 0.05) is 11.5 Å². The predicted molar refractivity (Wildman–Crippen MR) is 156 cm³/mol. The zero-order chi connectivity index (χ0) is 32.8. The maximum absolute atomic E-state index is 12.5. The molecule has 0 unspecified atom stereocenters. The van der Waals surface area contributed by atoms with E-state index in [0.29, 0.717) is 25.7 Å². The maximum atomic E-state index is 12.5. The second kappa shape index (κ2) is 12.0. The molecule has 3 heterocycles. The van der Waals surface area contributed by atoms with Crippen LogP contribution in [0.4, 0.5) is 0 Å². The Labute approximate surface area is 268 Å². The monoisotopic (exact) mass is 654 g/mol. The summed E-state index contributed by atoms with van der Waals surface area (Å²) in [6.45, 7) is 4.19. The van der Waals surface area contributed by atoms with Crippen LogP contribution in [-0.4, -0.2) is 129 Å². The SMILES string of the molecule is C[C@]12CC[C@H](O[C@@H]3OC[C@@H](O[C@@H]4OC[C@@H](O)[C@H](O)[C@H]4O)[C@@H](O)[C@H]3O)C[C@H]1CC[C@@H]1[C@@H]2[C@H](O)C[C@]2(C)[C@@H](C3=CC(=O)OC3)CC[C@]12O. The molecule has 13 nitrogen and oxygen atoms in total. The summed E-state index contributed by atoms with van der Waals surface area (Å²) in [6, 6.07) is 0. The van der Waals surface area contributed by atoms with Crippen molar-refractivity contribution >= 4 is 5.97 Å². The number of cyclic esters (lactones) is 1. The topological polar surface area (TPSA) is 205 Å². The number of hydrogen-bond acceptors (Lipinski definition) is 13. The summed E-state index contributed by atoms with van der Waals surface area (Å²) >= 11 is 0. The van der Waals surface area contributed by atoms with Gasteiger partial charge in [-0.25, -0.2) is 4.79 Å². The van der Waals surface area contributed by atoms with E-state index < -0.39 is 66.3 Å². The molecule has 0 aromatic heterocycles. The van der Waals surface area contributed by atoms with E-state index in [-0.39, 0.29) is 61.0 Å². The molecule has 0 aromatic carbocycles. The lowest BCUT2D eigenvalue weighted by molar-refractivity contribution is -0.335. The lowest BCUT2D eigenvalue weighted by Crippen LogP contribution is -2.66. The van der Waals surface area contributed by atoms with Crippen LogP contribution in [0.15, 0.2) is 11.6 Å². The van der Waals surface area contributed by atoms with E-state index in [1.54, 1.807) is 6.08 Å². The molecule has 7 aliphatic rings. The minimum absolute atomic E-state index is 0.00348. The predicted octanol–water partition coefficient (Wildman–Crippen LogP) is -0.498. The summed E-state index contributed by atoms with van der Waals surface area (Å²) < 4.78 is 28.1. The average Bonchev–Trinajstić information content (AvgIpc) is 3.56. The normalized spacial score (nSPS) is 55.6. The fourth-order valence-corrected chi connectivity index (χ4v) is 10.9. The lowest BCUT2D eigenvalue weighted by Gasteiger charge is -2.65. The van der Waals surface area contributed by atoms with E-state index in [2.05, 4.69) is 13.8 Å². The van der Waals surface area contributed by atoms with Gasteiger partial charge in [0.2, 0.25) is 0 Å². The van der Waals surface area contributed by atoms with Gasteiger partial charge in [0.1, 0.15) is 43.2 Å². The third-order valence-electron chi connectivity index (χ3n) is 13.4. The minimum Gasteiger partial charge on any atom is -0.458 e. The van der Waals surface area contributed by atoms with Gasteiger partial charge in [0.25, 0.3) is 0 Å². The smallest absolute Gasteiger partial charge is 0.331 e. The van der Waals surface area contributed by atoms with E-state index in [0.717, 1.165) is 31.3 Å². The Morgan fingerprint density at radius 1 is 0.826 bits per heavy atom. The van der Waals surface area contributed by atoms with Crippen molar-refractivity contribution in [3.63, 3.8) is 0 Å². The first kappa shape index (κ1) is 33.3. The quantitative estimate of drug-likeness (QED) is 0.148. The first-order chi connectivity index (χ1) is 21.8. The number of aliphatic hydroxyl groups excluding tert-OH is 6. The molecule has 2 saturated heterocycles. The molecule has 0 bridgehead atoms. The molecular weight excluding hydrogens is 604 g/mol. The Kier molecular flexibility index (Phi) is 8.66. The molecule has 0 aromatic rings. The number of fused-ring (bicyclic) bond motifs is 5. The van der Waals surface area contributed by atoms with E-state index in [1.165, 1.54) is 0 Å². The number of hydrogen-bond donors (Lipinski definition) is 7. The Morgan fingerprint density at radius 2 is 1.54 bits per heavy atom. The Morgan fingerprint density at radius 3 is 2.28 bits per heavy atom. The second-order valence-corrected chi connectivity index (χ2v) is 15.6. The van der Waals surface area contributed by atoms with Gasteiger partial charge in [-0.1, -0.05) is 13.8 Å². The summed E-state index contributed by atoms with van der Waals surface area (Å²) in [5.74, 6) is -0.247. The Bertz CT molecular complexity index is 1200. The average molecular weight is 655 g/mol. The third-order valence-corrected chi connectivity index (χ3v) is 13.4. The van der Waals surface area contributed by atoms with Crippen LogP contribution in [0.5, 0.6) is 0 Å². The van der Waals surface area contributed by atoms with Crippen LogP contribution in [-0.2, 0) is 28.5 Å². The Balaban J connectivity index is 0.985. The van der Waals surface area contributed by atoms with Gasteiger partial charge in [-0.2, -0.15) is 0 Å². The molecule has 0 radical (unpaired) electrons. The highest BCUT2D eigenvalue weighted by Crippen LogP contribution is 2.70. The number of aliphatic hydroxyl groups is 7. The molecule has 4 aliphatic carbocycles. The number of esters is 1. The van der Waals surface area contributed by atoms with Crippen LogP contribution >= 0.6 is 0 Å². The van der Waals surface area contributed by atoms with E-state index in [4.69, 9.17) is 23.7 Å². The zero-order valence-electron chi connectivity index (χ0n) is 26.5. The molecule has 0 spiro atoms. The van der Waals surface area contributed by atoms with E-state index in [9.17, 15) is 40.5 Å². The van der Waals surface area contributed by atoms with E-state index >= 15 is 0 Å². The largest absolute Gasteiger partial charge is 0.458 e. The molecular formula is C33H50O13. The van der Waals surface area contributed by atoms with Gasteiger partial charge in [-0.05, 0) is 86.0 Å². The molecule has 0 amide bonds. The summed E-state index contributed by atoms with van der Waals surface area (Å²) in [6.07, 6.45) is -4.17. The van der Waals surface area contributed by atoms with Crippen LogP contribution in [0.1, 0.15) is 65.2 Å². The number of carbonyl (C=O) groups excluding carboxylic acids is 1. The molecule has 17 atom stereocenters. The highest BCUT2D eigenvalue weighted by atomic mass is 16.7. The van der Waals surface area contributed by atoms with Crippen molar-refractivity contribution in [3.8, 4) is 0 Å². The van der Waals surface area contributed by atoms with E-state index in [1.807, 2.05) is 0 Å². The summed E-state index contributed by atoms with van der Waals surface area (Å²) in [4.78, 5) is 11.9. The highest BCUT2D eigenvalue weighted by molar-refractivity contribution is 5.85. The van der Waals surface area contributed by atoms with Crippen molar-refractivity contribution in [2.24, 2.45) is 34.5 Å². The molecule has 46 heavy (non-hydrogen) atoms. The maximum Gasteiger partial charge on any atom is 0.331 e. The Hall–Kier alpha value is -1.23. The third kappa shape index (κ3) is 5.12. The van der Waals surface area contributed by atoms with Gasteiger partial charge >= 0.3 is 5.97 Å². The van der Waals surface area contributed by atoms with Crippen LogP contribution in [0.2, 0.25) is 0 Å². The highest BCUT2D eigenvalue weighted by Gasteiger charge is 2.70. The fourth-order valence-electron chi connectivity index (χ4n) is 10.9. The first-order valence-corrected chi connectivity index (χ1v) is 17.0. The standard InChI is InChI=1S/C33H50O13/c1-31-7-5-17(45-29-28(40)26(38)22(14-44-29)46-30-27(39)25(37)21(35)13-43-30)10-16(31)3-4-19-24(31)20(34)11-32(2)18(6-8-33(19,32)41)15-9-23(36)42-12-15/h9,16-22,24-30,34-35,37-41H,3-8,10-14H2,1-2H3/t16-,17+,18-,19-,20-,21-,22-,24-,25+,26-,27-,28-,29+,30+,31+,32-,33+/m1/s1. The molecule has 7 N–H and O–H groups in total. The van der Waals surface area contributed by atoms with Gasteiger partial charge < -0.3 is 59.4 Å². The van der Waals surface area contributed by atoms with Crippen LogP contribution < -0.4 is 0 Å².